The molecule has 1 aromatic rings. The number of benzene rings is 1. The monoisotopic (exact) mass is 304 g/mol. The molecule has 0 aromatic heterocycles. The minimum Gasteiger partial charge on any atom is -0.460 e. The third-order valence-corrected chi connectivity index (χ3v) is 2.55. The van der Waals surface area contributed by atoms with Crippen molar-refractivity contribution in [2.24, 2.45) is 5.11 Å². The molecule has 118 valence electrons. The van der Waals surface area contributed by atoms with Crippen LogP contribution in [-0.2, 0) is 9.53 Å². The van der Waals surface area contributed by atoms with Gasteiger partial charge in [0.1, 0.15) is 5.60 Å². The van der Waals surface area contributed by atoms with Crippen molar-refractivity contribution in [3.8, 4) is 0 Å². The Labute approximate surface area is 129 Å². The fourth-order valence-corrected chi connectivity index (χ4v) is 1.66. The van der Waals surface area contributed by atoms with Crippen LogP contribution >= 0.6 is 0 Å². The lowest BCUT2D eigenvalue weighted by atomic mass is 10.2. The number of carbonyl (C=O) groups excluding carboxylic acids is 2. The van der Waals surface area contributed by atoms with Crippen LogP contribution in [0.3, 0.4) is 0 Å². The van der Waals surface area contributed by atoms with Crippen molar-refractivity contribution in [1.82, 2.24) is 5.32 Å². The first-order valence-electron chi connectivity index (χ1n) is 6.97. The number of rotatable bonds is 6. The Kier molecular flexibility index (Phi) is 6.41. The van der Waals surface area contributed by atoms with E-state index in [1.165, 1.54) is 0 Å². The predicted octanol–water partition coefficient (Wildman–Crippen LogP) is 3.48. The van der Waals surface area contributed by atoms with Gasteiger partial charge in [0.25, 0.3) is 5.91 Å². The maximum absolute atomic E-state index is 11.9. The van der Waals surface area contributed by atoms with Crippen LogP contribution < -0.4 is 5.32 Å². The van der Waals surface area contributed by atoms with Gasteiger partial charge >= 0.3 is 5.97 Å². The zero-order valence-electron chi connectivity index (χ0n) is 13.0. The molecule has 0 saturated carbocycles. The fraction of sp³-hybridized carbons (Fsp3) is 0.467. The Hall–Kier alpha value is -2.53. The number of carbonyl (C=O) groups is 2. The predicted molar refractivity (Wildman–Crippen MR) is 82.7 cm³/mol. The van der Waals surface area contributed by atoms with Crippen LogP contribution in [0, 0.1) is 0 Å². The van der Waals surface area contributed by atoms with Gasteiger partial charge in [0.15, 0.2) is 0 Å². The molecule has 22 heavy (non-hydrogen) atoms. The van der Waals surface area contributed by atoms with Crippen LogP contribution in [0.15, 0.2) is 29.4 Å². The molecule has 7 heteroatoms. The molecule has 7 nitrogen and oxygen atoms in total. The van der Waals surface area contributed by atoms with Crippen LogP contribution in [0.25, 0.3) is 10.4 Å². The lowest BCUT2D eigenvalue weighted by Crippen LogP contribution is -2.27. The Morgan fingerprint density at radius 2 is 1.91 bits per heavy atom. The van der Waals surface area contributed by atoms with Crippen LogP contribution in [0.2, 0.25) is 0 Å². The van der Waals surface area contributed by atoms with E-state index in [1.54, 1.807) is 24.3 Å². The van der Waals surface area contributed by atoms with E-state index in [0.29, 0.717) is 24.2 Å². The summed E-state index contributed by atoms with van der Waals surface area (Å²) < 4.78 is 5.17. The standard InChI is InChI=1S/C15H20N4O3/c1-15(2,3)22-13(20)5-4-10-17-14(21)11-6-8-12(9-7-11)18-19-16/h6-9H,4-5,10H2,1-3H3,(H,17,21). The van der Waals surface area contributed by atoms with Crippen LogP contribution in [-0.4, -0.2) is 24.0 Å². The second-order valence-corrected chi connectivity index (χ2v) is 5.68. The van der Waals surface area contributed by atoms with Crippen LogP contribution in [0.1, 0.15) is 44.0 Å². The van der Waals surface area contributed by atoms with Gasteiger partial charge in [0.05, 0.1) is 0 Å². The van der Waals surface area contributed by atoms with Gasteiger partial charge in [-0.3, -0.25) is 9.59 Å². The Morgan fingerprint density at radius 3 is 2.45 bits per heavy atom. The highest BCUT2D eigenvalue weighted by Crippen LogP contribution is 2.13. The molecule has 0 spiro atoms. The molecule has 0 radical (unpaired) electrons. The fourth-order valence-electron chi connectivity index (χ4n) is 1.66. The van der Waals surface area contributed by atoms with Crippen molar-refractivity contribution in [1.29, 1.82) is 0 Å². The summed E-state index contributed by atoms with van der Waals surface area (Å²) in [5.74, 6) is -0.517. The highest BCUT2D eigenvalue weighted by molar-refractivity contribution is 5.94. The number of nitrogens with zero attached hydrogens (tertiary/aromatic N) is 3. The summed E-state index contributed by atoms with van der Waals surface area (Å²) in [5.41, 5.74) is 8.72. The van der Waals surface area contributed by atoms with Crippen molar-refractivity contribution in [2.75, 3.05) is 6.54 Å². The van der Waals surface area contributed by atoms with Crippen molar-refractivity contribution < 1.29 is 14.3 Å². The van der Waals surface area contributed by atoms with Gasteiger partial charge in [0.2, 0.25) is 0 Å². The first-order valence-corrected chi connectivity index (χ1v) is 6.97. The van der Waals surface area contributed by atoms with E-state index in [-0.39, 0.29) is 18.3 Å². The average Bonchev–Trinajstić information content (AvgIpc) is 2.42. The molecule has 1 aromatic carbocycles. The van der Waals surface area contributed by atoms with E-state index >= 15 is 0 Å². The maximum Gasteiger partial charge on any atom is 0.306 e. The Bertz CT molecular complexity index is 569. The van der Waals surface area contributed by atoms with Crippen molar-refractivity contribution in [3.05, 3.63) is 40.3 Å². The first-order chi connectivity index (χ1) is 10.3. The molecule has 0 aliphatic carbocycles. The number of hydrogen-bond donors (Lipinski definition) is 1. The molecular weight excluding hydrogens is 284 g/mol. The highest BCUT2D eigenvalue weighted by atomic mass is 16.6. The number of amides is 1. The van der Waals surface area contributed by atoms with Gasteiger partial charge in [-0.05, 0) is 44.9 Å². The average molecular weight is 304 g/mol. The largest absolute Gasteiger partial charge is 0.460 e. The van der Waals surface area contributed by atoms with Gasteiger partial charge < -0.3 is 10.1 Å². The molecule has 0 heterocycles. The van der Waals surface area contributed by atoms with Gasteiger partial charge in [-0.2, -0.15) is 0 Å². The quantitative estimate of drug-likeness (QED) is 0.286. The van der Waals surface area contributed by atoms with E-state index in [0.717, 1.165) is 0 Å². The van der Waals surface area contributed by atoms with E-state index in [9.17, 15) is 9.59 Å². The molecule has 0 unspecified atom stereocenters. The first kappa shape index (κ1) is 17.5. The molecule has 0 atom stereocenters. The summed E-state index contributed by atoms with van der Waals surface area (Å²) in [5, 5.41) is 6.15. The molecule has 0 fully saturated rings. The zero-order chi connectivity index (χ0) is 16.6. The van der Waals surface area contributed by atoms with Gasteiger partial charge in [0, 0.05) is 29.1 Å². The lowest BCUT2D eigenvalue weighted by molar-refractivity contribution is -0.154. The van der Waals surface area contributed by atoms with Gasteiger partial charge in [-0.1, -0.05) is 17.2 Å². The smallest absolute Gasteiger partial charge is 0.306 e. The number of nitrogens with one attached hydrogen (secondary N) is 1. The second kappa shape index (κ2) is 8.05. The number of ether oxygens (including phenoxy) is 1. The van der Waals surface area contributed by atoms with Gasteiger partial charge in [-0.25, -0.2) is 0 Å². The van der Waals surface area contributed by atoms with E-state index in [1.807, 2.05) is 20.8 Å². The lowest BCUT2D eigenvalue weighted by Gasteiger charge is -2.19. The Morgan fingerprint density at radius 1 is 1.27 bits per heavy atom. The minimum absolute atomic E-state index is 0.239. The van der Waals surface area contributed by atoms with E-state index < -0.39 is 5.60 Å². The summed E-state index contributed by atoms with van der Waals surface area (Å²) in [6.45, 7) is 5.82. The number of esters is 1. The summed E-state index contributed by atoms with van der Waals surface area (Å²) in [4.78, 5) is 26.0. The SMILES string of the molecule is CC(C)(C)OC(=O)CCCNC(=O)c1ccc(N=[N+]=[N-])cc1. The molecule has 0 aliphatic heterocycles. The summed E-state index contributed by atoms with van der Waals surface area (Å²) >= 11 is 0. The molecule has 1 amide bonds. The molecule has 1 rings (SSSR count). The molecule has 0 aliphatic rings. The number of hydrogen-bond acceptors (Lipinski definition) is 4. The summed E-state index contributed by atoms with van der Waals surface area (Å²) in [6.07, 6.45) is 0.769. The van der Waals surface area contributed by atoms with E-state index in [2.05, 4.69) is 15.3 Å². The molecular formula is C15H20N4O3. The van der Waals surface area contributed by atoms with Crippen molar-refractivity contribution in [3.63, 3.8) is 0 Å². The maximum atomic E-state index is 11.9. The van der Waals surface area contributed by atoms with Crippen LogP contribution in [0.4, 0.5) is 5.69 Å². The molecule has 0 saturated heterocycles. The third kappa shape index (κ3) is 6.76. The summed E-state index contributed by atoms with van der Waals surface area (Å²) in [6, 6.07) is 6.28. The molecule has 1 N–H and O–H groups in total. The van der Waals surface area contributed by atoms with Crippen LogP contribution in [0.5, 0.6) is 0 Å². The topological polar surface area (TPSA) is 104 Å². The third-order valence-electron chi connectivity index (χ3n) is 2.55. The number of azide groups is 1. The minimum atomic E-state index is -0.492. The Balaban J connectivity index is 2.34. The highest BCUT2D eigenvalue weighted by Gasteiger charge is 2.15. The van der Waals surface area contributed by atoms with Crippen molar-refractivity contribution in [2.45, 2.75) is 39.2 Å². The normalized spacial score (nSPS) is 10.5. The molecule has 0 bridgehead atoms. The van der Waals surface area contributed by atoms with Gasteiger partial charge in [-0.15, -0.1) is 0 Å². The zero-order valence-corrected chi connectivity index (χ0v) is 13.0. The second-order valence-electron chi connectivity index (χ2n) is 5.68. The van der Waals surface area contributed by atoms with Crippen molar-refractivity contribution >= 4 is 17.6 Å². The van der Waals surface area contributed by atoms with E-state index in [4.69, 9.17) is 10.3 Å². The summed E-state index contributed by atoms with van der Waals surface area (Å²) in [7, 11) is 0.